The first-order chi connectivity index (χ1) is 10.8. The number of hydrogen-bond donors (Lipinski definition) is 1. The number of hydrogen-bond acceptors (Lipinski definition) is 4. The van der Waals surface area contributed by atoms with Crippen molar-refractivity contribution >= 4 is 6.09 Å². The molecule has 0 saturated carbocycles. The summed E-state index contributed by atoms with van der Waals surface area (Å²) in [7, 11) is 0. The highest BCUT2D eigenvalue weighted by Crippen LogP contribution is 2.17. The third kappa shape index (κ3) is 5.84. The average molecular weight is 320 g/mol. The zero-order valence-corrected chi connectivity index (χ0v) is 14.4. The molecule has 5 nitrogen and oxygen atoms in total. The summed E-state index contributed by atoms with van der Waals surface area (Å²) in [6, 6.07) is 9.73. The first-order valence-corrected chi connectivity index (χ1v) is 8.28. The second-order valence-corrected chi connectivity index (χ2v) is 7.02. The van der Waals surface area contributed by atoms with Gasteiger partial charge in [-0.3, -0.25) is 4.90 Å². The van der Waals surface area contributed by atoms with Crippen LogP contribution < -0.4 is 0 Å². The molecule has 0 aromatic heterocycles. The minimum atomic E-state index is -0.450. The third-order valence-electron chi connectivity index (χ3n) is 3.93. The fourth-order valence-corrected chi connectivity index (χ4v) is 2.63. The summed E-state index contributed by atoms with van der Waals surface area (Å²) in [5.74, 6) is 0. The van der Waals surface area contributed by atoms with Gasteiger partial charge in [0, 0.05) is 32.7 Å². The Morgan fingerprint density at radius 2 is 1.78 bits per heavy atom. The van der Waals surface area contributed by atoms with Gasteiger partial charge in [0.2, 0.25) is 0 Å². The van der Waals surface area contributed by atoms with Crippen LogP contribution in [0.1, 0.15) is 38.9 Å². The number of piperazine rings is 1. The number of aliphatic hydroxyl groups is 1. The molecule has 1 atom stereocenters. The number of aliphatic hydroxyl groups excluding tert-OH is 1. The van der Waals surface area contributed by atoms with Gasteiger partial charge >= 0.3 is 6.09 Å². The van der Waals surface area contributed by atoms with Crippen molar-refractivity contribution in [1.82, 2.24) is 9.80 Å². The molecule has 1 aromatic rings. The minimum absolute atomic E-state index is 0.235. The molecule has 1 aliphatic rings. The Morgan fingerprint density at radius 3 is 2.35 bits per heavy atom. The summed E-state index contributed by atoms with van der Waals surface area (Å²) in [6.07, 6.45) is 0.0396. The SMILES string of the molecule is CC(C)(C)OC(=O)N1CCN(CCC(O)c2ccccc2)CC1. The van der Waals surface area contributed by atoms with Gasteiger partial charge in [-0.15, -0.1) is 0 Å². The van der Waals surface area contributed by atoms with E-state index in [1.165, 1.54) is 0 Å². The molecular weight excluding hydrogens is 292 g/mol. The van der Waals surface area contributed by atoms with Crippen molar-refractivity contribution in [1.29, 1.82) is 0 Å². The van der Waals surface area contributed by atoms with Crippen molar-refractivity contribution in [3.05, 3.63) is 35.9 Å². The normalized spacial score (nSPS) is 17.8. The van der Waals surface area contributed by atoms with Crippen LogP contribution in [-0.4, -0.2) is 59.3 Å². The number of ether oxygens (including phenoxy) is 1. The highest BCUT2D eigenvalue weighted by molar-refractivity contribution is 5.68. The molecule has 1 heterocycles. The summed E-state index contributed by atoms with van der Waals surface area (Å²) in [5.41, 5.74) is 0.508. The summed E-state index contributed by atoms with van der Waals surface area (Å²) in [6.45, 7) is 9.47. The Balaban J connectivity index is 1.72. The fourth-order valence-electron chi connectivity index (χ4n) is 2.63. The van der Waals surface area contributed by atoms with Gasteiger partial charge in [-0.25, -0.2) is 4.79 Å². The Kier molecular flexibility index (Phi) is 6.02. The second kappa shape index (κ2) is 7.79. The third-order valence-corrected chi connectivity index (χ3v) is 3.93. The van der Waals surface area contributed by atoms with E-state index in [9.17, 15) is 9.90 Å². The van der Waals surface area contributed by atoms with Gasteiger partial charge in [0.05, 0.1) is 6.10 Å². The maximum absolute atomic E-state index is 12.0. The summed E-state index contributed by atoms with van der Waals surface area (Å²) in [4.78, 5) is 16.1. The van der Waals surface area contributed by atoms with Crippen LogP contribution >= 0.6 is 0 Å². The van der Waals surface area contributed by atoms with E-state index in [1.54, 1.807) is 4.90 Å². The van der Waals surface area contributed by atoms with Gasteiger partial charge in [-0.2, -0.15) is 0 Å². The molecule has 23 heavy (non-hydrogen) atoms. The van der Waals surface area contributed by atoms with E-state index < -0.39 is 11.7 Å². The molecule has 2 rings (SSSR count). The molecule has 0 spiro atoms. The molecule has 1 aliphatic heterocycles. The molecular formula is C18H28N2O3. The number of rotatable bonds is 4. The Hall–Kier alpha value is -1.59. The number of amides is 1. The van der Waals surface area contributed by atoms with E-state index in [0.29, 0.717) is 19.5 Å². The van der Waals surface area contributed by atoms with E-state index in [2.05, 4.69) is 4.90 Å². The highest BCUT2D eigenvalue weighted by atomic mass is 16.6. The molecule has 0 bridgehead atoms. The molecule has 1 unspecified atom stereocenters. The van der Waals surface area contributed by atoms with E-state index in [4.69, 9.17) is 4.74 Å². The van der Waals surface area contributed by atoms with Gasteiger partial charge in [0.25, 0.3) is 0 Å². The molecule has 1 fully saturated rings. The quantitative estimate of drug-likeness (QED) is 0.927. The van der Waals surface area contributed by atoms with Crippen molar-refractivity contribution in [2.24, 2.45) is 0 Å². The predicted octanol–water partition coefficient (Wildman–Crippen LogP) is 2.66. The molecule has 128 valence electrons. The van der Waals surface area contributed by atoms with Crippen molar-refractivity contribution in [2.45, 2.75) is 38.9 Å². The first kappa shape index (κ1) is 17.8. The van der Waals surface area contributed by atoms with Crippen molar-refractivity contribution < 1.29 is 14.6 Å². The highest BCUT2D eigenvalue weighted by Gasteiger charge is 2.25. The lowest BCUT2D eigenvalue weighted by molar-refractivity contribution is 0.0132. The van der Waals surface area contributed by atoms with Crippen molar-refractivity contribution in [2.75, 3.05) is 32.7 Å². The predicted molar refractivity (Wildman–Crippen MR) is 90.3 cm³/mol. The first-order valence-electron chi connectivity index (χ1n) is 8.28. The molecule has 1 aromatic carbocycles. The van der Waals surface area contributed by atoms with Crippen molar-refractivity contribution in [3.63, 3.8) is 0 Å². The molecule has 1 amide bonds. The Bertz CT molecular complexity index is 491. The molecule has 0 aliphatic carbocycles. The molecule has 1 saturated heterocycles. The van der Waals surface area contributed by atoms with E-state index >= 15 is 0 Å². The largest absolute Gasteiger partial charge is 0.444 e. The van der Waals surface area contributed by atoms with Crippen LogP contribution in [0.3, 0.4) is 0 Å². The lowest BCUT2D eigenvalue weighted by Gasteiger charge is -2.35. The van der Waals surface area contributed by atoms with Crippen LogP contribution in [0.2, 0.25) is 0 Å². The average Bonchev–Trinajstić information content (AvgIpc) is 2.52. The maximum Gasteiger partial charge on any atom is 0.410 e. The van der Waals surface area contributed by atoms with Gasteiger partial charge in [-0.1, -0.05) is 30.3 Å². The Morgan fingerprint density at radius 1 is 1.17 bits per heavy atom. The smallest absolute Gasteiger partial charge is 0.410 e. The monoisotopic (exact) mass is 320 g/mol. The molecule has 1 N–H and O–H groups in total. The summed E-state index contributed by atoms with van der Waals surface area (Å²) >= 11 is 0. The summed E-state index contributed by atoms with van der Waals surface area (Å²) in [5, 5.41) is 10.2. The number of benzene rings is 1. The summed E-state index contributed by atoms with van der Waals surface area (Å²) < 4.78 is 5.40. The van der Waals surface area contributed by atoms with Crippen LogP contribution in [0, 0.1) is 0 Å². The van der Waals surface area contributed by atoms with E-state index in [1.807, 2.05) is 51.1 Å². The molecule has 0 radical (unpaired) electrons. The number of carbonyl (C=O) groups excluding carboxylic acids is 1. The lowest BCUT2D eigenvalue weighted by Crippen LogP contribution is -2.50. The topological polar surface area (TPSA) is 53.0 Å². The van der Waals surface area contributed by atoms with Crippen LogP contribution in [0.5, 0.6) is 0 Å². The lowest BCUT2D eigenvalue weighted by atomic mass is 10.1. The van der Waals surface area contributed by atoms with Gasteiger partial charge in [0.1, 0.15) is 5.60 Å². The van der Waals surface area contributed by atoms with Gasteiger partial charge in [-0.05, 0) is 32.8 Å². The van der Waals surface area contributed by atoms with Crippen molar-refractivity contribution in [3.8, 4) is 0 Å². The van der Waals surface area contributed by atoms with Gasteiger partial charge < -0.3 is 14.7 Å². The number of carbonyl (C=O) groups is 1. The zero-order valence-electron chi connectivity index (χ0n) is 14.4. The second-order valence-electron chi connectivity index (χ2n) is 7.02. The van der Waals surface area contributed by atoms with E-state index in [-0.39, 0.29) is 6.09 Å². The van der Waals surface area contributed by atoms with E-state index in [0.717, 1.165) is 25.2 Å². The zero-order chi connectivity index (χ0) is 16.9. The van der Waals surface area contributed by atoms with Crippen LogP contribution in [-0.2, 0) is 4.74 Å². The molecule has 5 heteroatoms. The minimum Gasteiger partial charge on any atom is -0.444 e. The standard InChI is InChI=1S/C18H28N2O3/c1-18(2,3)23-17(22)20-13-11-19(12-14-20)10-9-16(21)15-7-5-4-6-8-15/h4-8,16,21H,9-14H2,1-3H3. The van der Waals surface area contributed by atoms with Crippen LogP contribution in [0.15, 0.2) is 30.3 Å². The fraction of sp³-hybridized carbons (Fsp3) is 0.611. The Labute approximate surface area is 138 Å². The van der Waals surface area contributed by atoms with Gasteiger partial charge in [0.15, 0.2) is 0 Å². The number of nitrogens with zero attached hydrogens (tertiary/aromatic N) is 2. The van der Waals surface area contributed by atoms with Crippen LogP contribution in [0.4, 0.5) is 4.79 Å². The maximum atomic E-state index is 12.0. The van der Waals surface area contributed by atoms with Crippen LogP contribution in [0.25, 0.3) is 0 Å².